The lowest BCUT2D eigenvalue weighted by molar-refractivity contribution is 0.101. The van der Waals surface area contributed by atoms with Crippen molar-refractivity contribution in [2.75, 3.05) is 0 Å². The van der Waals surface area contributed by atoms with E-state index in [0.717, 1.165) is 17.9 Å². The van der Waals surface area contributed by atoms with Gasteiger partial charge in [0.1, 0.15) is 5.82 Å². The van der Waals surface area contributed by atoms with Gasteiger partial charge in [-0.1, -0.05) is 13.0 Å². The Hall–Kier alpha value is -1.71. The Bertz CT molecular complexity index is 487. The van der Waals surface area contributed by atoms with Gasteiger partial charge in [-0.25, -0.2) is 0 Å². The van der Waals surface area contributed by atoms with E-state index in [0.29, 0.717) is 5.69 Å². The normalized spacial score (nSPS) is 10.7. The van der Waals surface area contributed by atoms with Gasteiger partial charge in [-0.05, 0) is 12.1 Å². The average Bonchev–Trinajstić information content (AvgIpc) is 2.59. The second kappa shape index (κ2) is 3.21. The topological polar surface area (TPSA) is 47.3 Å². The van der Waals surface area contributed by atoms with Crippen molar-refractivity contribution in [3.63, 3.8) is 0 Å². The van der Waals surface area contributed by atoms with Crippen molar-refractivity contribution in [1.82, 2.24) is 14.6 Å². The van der Waals surface area contributed by atoms with Crippen LogP contribution in [0.25, 0.3) is 5.65 Å². The minimum Gasteiger partial charge on any atom is -0.293 e. The zero-order valence-electron chi connectivity index (χ0n) is 8.19. The Morgan fingerprint density at radius 3 is 2.86 bits per heavy atom. The molecule has 2 heterocycles. The summed E-state index contributed by atoms with van der Waals surface area (Å²) in [5, 5.41) is 8.01. The molecule has 0 unspecified atom stereocenters. The molecule has 72 valence electrons. The maximum atomic E-state index is 11.3. The van der Waals surface area contributed by atoms with Crippen LogP contribution in [0.5, 0.6) is 0 Å². The van der Waals surface area contributed by atoms with Gasteiger partial charge in [0.25, 0.3) is 0 Å². The predicted octanol–water partition coefficient (Wildman–Crippen LogP) is 1.49. The molecule has 0 aromatic carbocycles. The van der Waals surface area contributed by atoms with E-state index >= 15 is 0 Å². The third-order valence-electron chi connectivity index (χ3n) is 2.17. The van der Waals surface area contributed by atoms with Crippen molar-refractivity contribution in [1.29, 1.82) is 0 Å². The molecule has 0 spiro atoms. The first-order valence-corrected chi connectivity index (χ1v) is 4.58. The maximum Gasteiger partial charge on any atom is 0.176 e. The lowest BCUT2D eigenvalue weighted by Crippen LogP contribution is -2.04. The largest absolute Gasteiger partial charge is 0.293 e. The monoisotopic (exact) mass is 189 g/mol. The average molecular weight is 189 g/mol. The molecule has 14 heavy (non-hydrogen) atoms. The maximum absolute atomic E-state index is 11.3. The van der Waals surface area contributed by atoms with Crippen molar-refractivity contribution in [2.24, 2.45) is 0 Å². The number of nitrogens with zero attached hydrogens (tertiary/aromatic N) is 3. The van der Waals surface area contributed by atoms with Gasteiger partial charge in [-0.15, -0.1) is 10.2 Å². The molecule has 2 aromatic heterocycles. The minimum atomic E-state index is 0.0325. The van der Waals surface area contributed by atoms with Crippen molar-refractivity contribution < 1.29 is 4.79 Å². The van der Waals surface area contributed by atoms with Gasteiger partial charge in [-0.3, -0.25) is 9.20 Å². The van der Waals surface area contributed by atoms with Crippen molar-refractivity contribution in [2.45, 2.75) is 20.3 Å². The fourth-order valence-corrected chi connectivity index (χ4v) is 1.50. The highest BCUT2D eigenvalue weighted by molar-refractivity contribution is 5.93. The van der Waals surface area contributed by atoms with Crippen LogP contribution in [-0.4, -0.2) is 20.4 Å². The molecule has 0 amide bonds. The summed E-state index contributed by atoms with van der Waals surface area (Å²) in [5.74, 6) is 0.857. The van der Waals surface area contributed by atoms with Crippen LogP contribution in [0.2, 0.25) is 0 Å². The van der Waals surface area contributed by atoms with Gasteiger partial charge in [0.05, 0.1) is 5.69 Å². The summed E-state index contributed by atoms with van der Waals surface area (Å²) in [6.45, 7) is 3.54. The molecule has 2 rings (SSSR count). The van der Waals surface area contributed by atoms with Crippen molar-refractivity contribution >= 4 is 11.4 Å². The Kier molecular flexibility index (Phi) is 2.04. The number of hydrogen-bond donors (Lipinski definition) is 0. The van der Waals surface area contributed by atoms with Gasteiger partial charge in [0.2, 0.25) is 0 Å². The van der Waals surface area contributed by atoms with Gasteiger partial charge in [0, 0.05) is 13.3 Å². The molecule has 0 atom stereocenters. The van der Waals surface area contributed by atoms with Gasteiger partial charge in [-0.2, -0.15) is 0 Å². The smallest absolute Gasteiger partial charge is 0.176 e. The Morgan fingerprint density at radius 2 is 2.21 bits per heavy atom. The molecule has 0 fully saturated rings. The Morgan fingerprint density at radius 1 is 1.43 bits per heavy atom. The summed E-state index contributed by atoms with van der Waals surface area (Å²) in [7, 11) is 0. The Labute approximate surface area is 81.6 Å². The van der Waals surface area contributed by atoms with Crippen LogP contribution < -0.4 is 0 Å². The number of carbonyl (C=O) groups is 1. The zero-order chi connectivity index (χ0) is 10.1. The van der Waals surface area contributed by atoms with Crippen LogP contribution in [0.1, 0.15) is 30.2 Å². The van der Waals surface area contributed by atoms with Crippen LogP contribution in [0, 0.1) is 0 Å². The summed E-state index contributed by atoms with van der Waals surface area (Å²) >= 11 is 0. The van der Waals surface area contributed by atoms with E-state index in [1.54, 1.807) is 13.0 Å². The molecule has 0 aliphatic rings. The highest BCUT2D eigenvalue weighted by Crippen LogP contribution is 2.09. The number of aromatic nitrogens is 3. The number of hydrogen-bond acceptors (Lipinski definition) is 3. The third kappa shape index (κ3) is 1.19. The van der Waals surface area contributed by atoms with Crippen LogP contribution >= 0.6 is 0 Å². The third-order valence-corrected chi connectivity index (χ3v) is 2.17. The highest BCUT2D eigenvalue weighted by Gasteiger charge is 2.09. The molecular weight excluding hydrogens is 178 g/mol. The number of Topliss-reactive ketones (excluding diaryl/α,β-unsaturated/α-hetero) is 1. The molecule has 0 saturated carbocycles. The molecule has 0 saturated heterocycles. The summed E-state index contributed by atoms with van der Waals surface area (Å²) in [5.41, 5.74) is 1.37. The standard InChI is InChI=1S/C10H11N3O/c1-3-9-11-12-10-6-4-5-8(7(2)14)13(9)10/h4-6H,3H2,1-2H3. The van der Waals surface area contributed by atoms with E-state index in [-0.39, 0.29) is 5.78 Å². The number of rotatable bonds is 2. The van der Waals surface area contributed by atoms with Gasteiger partial charge >= 0.3 is 0 Å². The number of fused-ring (bicyclic) bond motifs is 1. The van der Waals surface area contributed by atoms with Gasteiger partial charge in [0.15, 0.2) is 11.4 Å². The van der Waals surface area contributed by atoms with Crippen LogP contribution in [0.4, 0.5) is 0 Å². The molecule has 0 bridgehead atoms. The lowest BCUT2D eigenvalue weighted by Gasteiger charge is -2.02. The fourth-order valence-electron chi connectivity index (χ4n) is 1.50. The quantitative estimate of drug-likeness (QED) is 0.672. The predicted molar refractivity (Wildman–Crippen MR) is 52.4 cm³/mol. The van der Waals surface area contributed by atoms with E-state index in [9.17, 15) is 4.79 Å². The van der Waals surface area contributed by atoms with E-state index in [1.807, 2.05) is 23.5 Å². The first-order valence-electron chi connectivity index (χ1n) is 4.58. The molecule has 0 radical (unpaired) electrons. The summed E-state index contributed by atoms with van der Waals surface area (Å²) < 4.78 is 1.81. The SMILES string of the molecule is CCc1nnc2cccc(C(C)=O)n12. The second-order valence-electron chi connectivity index (χ2n) is 3.13. The molecule has 4 heteroatoms. The summed E-state index contributed by atoms with van der Waals surface area (Å²) in [4.78, 5) is 11.3. The fraction of sp³-hybridized carbons (Fsp3) is 0.300. The summed E-state index contributed by atoms with van der Waals surface area (Å²) in [6, 6.07) is 5.46. The first kappa shape index (κ1) is 8.87. The second-order valence-corrected chi connectivity index (χ2v) is 3.13. The number of aryl methyl sites for hydroxylation is 1. The minimum absolute atomic E-state index is 0.0325. The van der Waals surface area contributed by atoms with E-state index < -0.39 is 0 Å². The molecule has 2 aromatic rings. The van der Waals surface area contributed by atoms with Crippen LogP contribution in [0.3, 0.4) is 0 Å². The summed E-state index contributed by atoms with van der Waals surface area (Å²) in [6.07, 6.45) is 0.769. The molecule has 0 aliphatic heterocycles. The first-order chi connectivity index (χ1) is 6.74. The van der Waals surface area contributed by atoms with E-state index in [2.05, 4.69) is 10.2 Å². The number of ketones is 1. The van der Waals surface area contributed by atoms with Crippen LogP contribution in [0.15, 0.2) is 18.2 Å². The molecule has 0 aliphatic carbocycles. The number of carbonyl (C=O) groups excluding carboxylic acids is 1. The molecular formula is C10H11N3O. The van der Waals surface area contributed by atoms with E-state index in [4.69, 9.17) is 0 Å². The van der Waals surface area contributed by atoms with Crippen molar-refractivity contribution in [3.05, 3.63) is 29.7 Å². The highest BCUT2D eigenvalue weighted by atomic mass is 16.1. The Balaban J connectivity index is 2.81. The molecule has 4 nitrogen and oxygen atoms in total. The molecule has 0 N–H and O–H groups in total. The van der Waals surface area contributed by atoms with Crippen LogP contribution in [-0.2, 0) is 6.42 Å². The van der Waals surface area contributed by atoms with Crippen molar-refractivity contribution in [3.8, 4) is 0 Å². The number of pyridine rings is 1. The zero-order valence-corrected chi connectivity index (χ0v) is 8.19. The lowest BCUT2D eigenvalue weighted by atomic mass is 10.2. The van der Waals surface area contributed by atoms with E-state index in [1.165, 1.54) is 0 Å². The van der Waals surface area contributed by atoms with Gasteiger partial charge < -0.3 is 0 Å².